The lowest BCUT2D eigenvalue weighted by molar-refractivity contribution is 0.318. The molecular weight excluding hydrogens is 236 g/mol. The topological polar surface area (TPSA) is 40.2 Å². The Kier molecular flexibility index (Phi) is 3.87. The summed E-state index contributed by atoms with van der Waals surface area (Å²) in [6, 6.07) is 7.51. The summed E-state index contributed by atoms with van der Waals surface area (Å²) in [6.45, 7) is 5.68. The van der Waals surface area contributed by atoms with Gasteiger partial charge in [-0.2, -0.15) is 0 Å². The van der Waals surface area contributed by atoms with Crippen molar-refractivity contribution in [1.29, 1.82) is 0 Å². The number of aromatic nitrogens is 1. The van der Waals surface area contributed by atoms with Crippen LogP contribution in [0.1, 0.15) is 32.6 Å². The van der Waals surface area contributed by atoms with Crippen molar-refractivity contribution in [2.75, 3.05) is 30.3 Å². The number of hydrogen-bond donors (Lipinski definition) is 2. The molecule has 0 aliphatic carbocycles. The summed E-state index contributed by atoms with van der Waals surface area (Å²) in [5.41, 5.74) is 0. The fraction of sp³-hybridized carbons (Fsp3) is 0.667. The summed E-state index contributed by atoms with van der Waals surface area (Å²) in [5, 5.41) is 6.98. The molecule has 104 valence electrons. The van der Waals surface area contributed by atoms with Crippen LogP contribution in [-0.2, 0) is 0 Å². The molecule has 2 unspecified atom stereocenters. The van der Waals surface area contributed by atoms with Gasteiger partial charge in [0, 0.05) is 25.2 Å². The first-order valence-corrected chi connectivity index (χ1v) is 7.58. The predicted octanol–water partition coefficient (Wildman–Crippen LogP) is 2.55. The molecule has 0 bridgehead atoms. The maximum atomic E-state index is 4.65. The van der Waals surface area contributed by atoms with Gasteiger partial charge in [-0.05, 0) is 44.4 Å². The van der Waals surface area contributed by atoms with E-state index in [2.05, 4.69) is 39.6 Å². The summed E-state index contributed by atoms with van der Waals surface area (Å²) >= 11 is 0. The number of fused-ring (bicyclic) bond motifs is 1. The minimum absolute atomic E-state index is 0.580. The van der Waals surface area contributed by atoms with Crippen LogP contribution >= 0.6 is 0 Å². The molecule has 4 heteroatoms. The molecule has 1 aromatic heterocycles. The standard InChI is InChI=1S/C15H24N4/c1-2-9-16-14-6-3-7-15(18-14)17-12-8-11-19-10-4-5-13(12)19/h3,6-7,12-13H,2,4-5,8-11H2,1H3,(H2,16,17,18). The molecule has 0 amide bonds. The number of nitrogens with one attached hydrogen (secondary N) is 2. The fourth-order valence-electron chi connectivity index (χ4n) is 3.31. The molecule has 19 heavy (non-hydrogen) atoms. The minimum Gasteiger partial charge on any atom is -0.370 e. The second kappa shape index (κ2) is 5.78. The van der Waals surface area contributed by atoms with Crippen LogP contribution in [0.2, 0.25) is 0 Å². The van der Waals surface area contributed by atoms with Crippen molar-refractivity contribution in [2.45, 2.75) is 44.7 Å². The summed E-state index contributed by atoms with van der Waals surface area (Å²) in [6.07, 6.45) is 5.07. The first-order valence-electron chi connectivity index (χ1n) is 7.58. The molecule has 0 saturated carbocycles. The zero-order valence-electron chi connectivity index (χ0n) is 11.7. The Labute approximate surface area is 115 Å². The van der Waals surface area contributed by atoms with E-state index in [1.165, 1.54) is 32.4 Å². The van der Waals surface area contributed by atoms with Crippen LogP contribution in [0.3, 0.4) is 0 Å². The molecule has 4 nitrogen and oxygen atoms in total. The third kappa shape index (κ3) is 2.84. The van der Waals surface area contributed by atoms with E-state index < -0.39 is 0 Å². The Bertz CT molecular complexity index is 420. The van der Waals surface area contributed by atoms with Gasteiger partial charge in [0.1, 0.15) is 11.6 Å². The van der Waals surface area contributed by atoms with Crippen molar-refractivity contribution in [2.24, 2.45) is 0 Å². The van der Waals surface area contributed by atoms with Crippen molar-refractivity contribution in [3.8, 4) is 0 Å². The Hall–Kier alpha value is -1.29. The van der Waals surface area contributed by atoms with Gasteiger partial charge >= 0.3 is 0 Å². The van der Waals surface area contributed by atoms with Gasteiger partial charge in [-0.3, -0.25) is 4.90 Å². The van der Waals surface area contributed by atoms with Crippen LogP contribution in [0.15, 0.2) is 18.2 Å². The SMILES string of the molecule is CCCNc1cccc(NC2CCN3CCCC23)n1. The molecule has 1 aromatic rings. The monoisotopic (exact) mass is 260 g/mol. The molecule has 0 aromatic carbocycles. The average molecular weight is 260 g/mol. The van der Waals surface area contributed by atoms with E-state index in [-0.39, 0.29) is 0 Å². The van der Waals surface area contributed by atoms with Crippen LogP contribution in [0.25, 0.3) is 0 Å². The molecule has 2 fully saturated rings. The van der Waals surface area contributed by atoms with Crippen molar-refractivity contribution < 1.29 is 0 Å². The number of hydrogen-bond acceptors (Lipinski definition) is 4. The molecule has 3 rings (SSSR count). The summed E-state index contributed by atoms with van der Waals surface area (Å²) in [4.78, 5) is 7.27. The van der Waals surface area contributed by atoms with Crippen molar-refractivity contribution >= 4 is 11.6 Å². The Morgan fingerprint density at radius 3 is 3.05 bits per heavy atom. The van der Waals surface area contributed by atoms with Gasteiger partial charge in [-0.25, -0.2) is 4.98 Å². The lowest BCUT2D eigenvalue weighted by atomic mass is 10.1. The van der Waals surface area contributed by atoms with Crippen LogP contribution in [-0.4, -0.2) is 41.6 Å². The fourth-order valence-corrected chi connectivity index (χ4v) is 3.31. The van der Waals surface area contributed by atoms with Crippen molar-refractivity contribution in [3.05, 3.63) is 18.2 Å². The molecule has 2 atom stereocenters. The molecule has 2 aliphatic rings. The quantitative estimate of drug-likeness (QED) is 0.853. The van der Waals surface area contributed by atoms with Crippen LogP contribution in [0.4, 0.5) is 11.6 Å². The molecule has 3 heterocycles. The van der Waals surface area contributed by atoms with Crippen molar-refractivity contribution in [1.82, 2.24) is 9.88 Å². The second-order valence-electron chi connectivity index (χ2n) is 5.62. The lowest BCUT2D eigenvalue weighted by Crippen LogP contribution is -2.34. The van der Waals surface area contributed by atoms with E-state index in [1.54, 1.807) is 0 Å². The Balaban J connectivity index is 1.63. The normalized spacial score (nSPS) is 26.4. The molecule has 0 radical (unpaired) electrons. The predicted molar refractivity (Wildman–Crippen MR) is 79.6 cm³/mol. The van der Waals surface area contributed by atoms with Gasteiger partial charge in [-0.1, -0.05) is 13.0 Å². The summed E-state index contributed by atoms with van der Waals surface area (Å²) in [5.74, 6) is 1.99. The van der Waals surface area contributed by atoms with E-state index in [4.69, 9.17) is 0 Å². The van der Waals surface area contributed by atoms with Gasteiger partial charge in [-0.15, -0.1) is 0 Å². The van der Waals surface area contributed by atoms with E-state index >= 15 is 0 Å². The van der Waals surface area contributed by atoms with E-state index in [9.17, 15) is 0 Å². The number of pyridine rings is 1. The highest BCUT2D eigenvalue weighted by Crippen LogP contribution is 2.29. The minimum atomic E-state index is 0.580. The Morgan fingerprint density at radius 1 is 1.26 bits per heavy atom. The van der Waals surface area contributed by atoms with Gasteiger partial charge in [0.05, 0.1) is 0 Å². The highest BCUT2D eigenvalue weighted by molar-refractivity contribution is 5.46. The van der Waals surface area contributed by atoms with Crippen LogP contribution < -0.4 is 10.6 Å². The third-order valence-electron chi connectivity index (χ3n) is 4.24. The van der Waals surface area contributed by atoms with Gasteiger partial charge in [0.25, 0.3) is 0 Å². The van der Waals surface area contributed by atoms with Gasteiger partial charge in [0.15, 0.2) is 0 Å². The maximum absolute atomic E-state index is 4.65. The van der Waals surface area contributed by atoms with Gasteiger partial charge in [0.2, 0.25) is 0 Å². The number of anilines is 2. The first kappa shape index (κ1) is 12.7. The molecule has 0 spiro atoms. The molecule has 2 N–H and O–H groups in total. The summed E-state index contributed by atoms with van der Waals surface area (Å²) < 4.78 is 0. The molecule has 2 aliphatic heterocycles. The maximum Gasteiger partial charge on any atom is 0.128 e. The largest absolute Gasteiger partial charge is 0.370 e. The molecule has 2 saturated heterocycles. The zero-order valence-corrected chi connectivity index (χ0v) is 11.7. The highest BCUT2D eigenvalue weighted by atomic mass is 15.2. The number of nitrogens with zero attached hydrogens (tertiary/aromatic N) is 2. The van der Waals surface area contributed by atoms with Crippen LogP contribution in [0.5, 0.6) is 0 Å². The second-order valence-corrected chi connectivity index (χ2v) is 5.62. The zero-order chi connectivity index (χ0) is 13.1. The first-order chi connectivity index (χ1) is 9.36. The third-order valence-corrected chi connectivity index (χ3v) is 4.24. The van der Waals surface area contributed by atoms with Crippen molar-refractivity contribution in [3.63, 3.8) is 0 Å². The van der Waals surface area contributed by atoms with Crippen LogP contribution in [0, 0.1) is 0 Å². The molecular formula is C15H24N4. The van der Waals surface area contributed by atoms with E-state index in [0.29, 0.717) is 6.04 Å². The van der Waals surface area contributed by atoms with Gasteiger partial charge < -0.3 is 10.6 Å². The Morgan fingerprint density at radius 2 is 2.16 bits per heavy atom. The number of rotatable bonds is 5. The van der Waals surface area contributed by atoms with E-state index in [0.717, 1.165) is 30.6 Å². The smallest absolute Gasteiger partial charge is 0.128 e. The lowest BCUT2D eigenvalue weighted by Gasteiger charge is -2.22. The summed E-state index contributed by atoms with van der Waals surface area (Å²) in [7, 11) is 0. The van der Waals surface area contributed by atoms with E-state index in [1.807, 2.05) is 6.07 Å². The average Bonchev–Trinajstić information content (AvgIpc) is 3.02. The highest BCUT2D eigenvalue weighted by Gasteiger charge is 2.37.